The molecule has 0 aliphatic carbocycles. The number of ether oxygens (including phenoxy) is 1. The molecule has 0 unspecified atom stereocenters. The number of hydrogen-bond acceptors (Lipinski definition) is 2. The Morgan fingerprint density at radius 3 is 2.39 bits per heavy atom. The fourth-order valence-electron chi connectivity index (χ4n) is 3.15. The molecule has 3 nitrogen and oxygen atoms in total. The molecule has 0 heterocycles. The molecule has 0 radical (unpaired) electrons. The van der Waals surface area contributed by atoms with Crippen molar-refractivity contribution in [1.82, 2.24) is 5.32 Å². The fourth-order valence-corrected chi connectivity index (χ4v) is 3.15. The van der Waals surface area contributed by atoms with Crippen molar-refractivity contribution in [2.45, 2.75) is 26.8 Å². The third kappa shape index (κ3) is 4.39. The second-order valence-electron chi connectivity index (χ2n) is 6.58. The largest absolute Gasteiger partial charge is 0.493 e. The summed E-state index contributed by atoms with van der Waals surface area (Å²) in [5, 5.41) is 2.80. The SMILES string of the molecule is CCCOc1cccc(CNC(C)=O)c1-c1cccc(-c2ccccc2)c1F. The van der Waals surface area contributed by atoms with Crippen molar-refractivity contribution in [3.05, 3.63) is 78.1 Å². The van der Waals surface area contributed by atoms with Gasteiger partial charge in [0.05, 0.1) is 6.61 Å². The van der Waals surface area contributed by atoms with Gasteiger partial charge in [-0.15, -0.1) is 0 Å². The van der Waals surface area contributed by atoms with E-state index in [-0.39, 0.29) is 11.7 Å². The minimum absolute atomic E-state index is 0.135. The van der Waals surface area contributed by atoms with Gasteiger partial charge in [0.2, 0.25) is 5.91 Å². The summed E-state index contributed by atoms with van der Waals surface area (Å²) in [4.78, 5) is 11.4. The second-order valence-corrected chi connectivity index (χ2v) is 6.58. The topological polar surface area (TPSA) is 38.3 Å². The number of benzene rings is 3. The highest BCUT2D eigenvalue weighted by Gasteiger charge is 2.18. The summed E-state index contributed by atoms with van der Waals surface area (Å²) in [6.07, 6.45) is 0.849. The summed E-state index contributed by atoms with van der Waals surface area (Å²) in [7, 11) is 0. The van der Waals surface area contributed by atoms with Gasteiger partial charge in [0.15, 0.2) is 0 Å². The second kappa shape index (κ2) is 9.18. The summed E-state index contributed by atoms with van der Waals surface area (Å²) in [5.41, 5.74) is 3.31. The Morgan fingerprint density at radius 2 is 1.68 bits per heavy atom. The zero-order valence-electron chi connectivity index (χ0n) is 16.2. The van der Waals surface area contributed by atoms with Crippen LogP contribution in [0, 0.1) is 5.82 Å². The molecule has 0 saturated heterocycles. The van der Waals surface area contributed by atoms with E-state index in [4.69, 9.17) is 4.74 Å². The highest BCUT2D eigenvalue weighted by Crippen LogP contribution is 2.38. The van der Waals surface area contributed by atoms with Gasteiger partial charge in [0, 0.05) is 30.2 Å². The monoisotopic (exact) mass is 377 g/mol. The molecule has 0 atom stereocenters. The molecule has 28 heavy (non-hydrogen) atoms. The lowest BCUT2D eigenvalue weighted by atomic mass is 9.94. The third-order valence-electron chi connectivity index (χ3n) is 4.45. The van der Waals surface area contributed by atoms with E-state index < -0.39 is 0 Å². The quantitative estimate of drug-likeness (QED) is 0.583. The van der Waals surface area contributed by atoms with Crippen molar-refractivity contribution >= 4 is 5.91 Å². The van der Waals surface area contributed by atoms with Gasteiger partial charge in [-0.25, -0.2) is 4.39 Å². The lowest BCUT2D eigenvalue weighted by Gasteiger charge is -2.18. The van der Waals surface area contributed by atoms with E-state index >= 15 is 4.39 Å². The summed E-state index contributed by atoms with van der Waals surface area (Å²) in [6, 6.07) is 20.4. The minimum atomic E-state index is -0.301. The smallest absolute Gasteiger partial charge is 0.217 e. The molecule has 0 bridgehead atoms. The predicted molar refractivity (Wildman–Crippen MR) is 111 cm³/mol. The summed E-state index contributed by atoms with van der Waals surface area (Å²) < 4.78 is 21.5. The van der Waals surface area contributed by atoms with Crippen LogP contribution in [0.5, 0.6) is 5.75 Å². The minimum Gasteiger partial charge on any atom is -0.493 e. The standard InChI is InChI=1S/C24H24FNO2/c1-3-15-28-22-14-7-11-19(16-26-17(2)27)23(22)21-13-8-12-20(24(21)25)18-9-5-4-6-10-18/h4-14H,3,15-16H2,1-2H3,(H,26,27). The Bertz CT molecular complexity index is 954. The zero-order chi connectivity index (χ0) is 19.9. The van der Waals surface area contributed by atoms with Gasteiger partial charge in [0.25, 0.3) is 0 Å². The first-order valence-corrected chi connectivity index (χ1v) is 9.45. The van der Waals surface area contributed by atoms with Crippen molar-refractivity contribution in [2.24, 2.45) is 0 Å². The molecule has 1 N–H and O–H groups in total. The van der Waals surface area contributed by atoms with Crippen LogP contribution in [0.15, 0.2) is 66.7 Å². The van der Waals surface area contributed by atoms with Gasteiger partial charge in [-0.3, -0.25) is 4.79 Å². The maximum Gasteiger partial charge on any atom is 0.217 e. The molecule has 0 aliphatic heterocycles. The molecule has 3 aromatic rings. The molecule has 4 heteroatoms. The Labute approximate surface area is 165 Å². The van der Waals surface area contributed by atoms with E-state index in [0.29, 0.717) is 35.6 Å². The fraction of sp³-hybridized carbons (Fsp3) is 0.208. The van der Waals surface area contributed by atoms with Crippen LogP contribution >= 0.6 is 0 Å². The maximum absolute atomic E-state index is 15.6. The molecule has 3 aromatic carbocycles. The van der Waals surface area contributed by atoms with Crippen molar-refractivity contribution in [3.8, 4) is 28.0 Å². The first-order valence-electron chi connectivity index (χ1n) is 9.45. The van der Waals surface area contributed by atoms with Crippen molar-refractivity contribution in [1.29, 1.82) is 0 Å². The molecular weight excluding hydrogens is 353 g/mol. The number of carbonyl (C=O) groups excluding carboxylic acids is 1. The lowest BCUT2D eigenvalue weighted by molar-refractivity contribution is -0.119. The molecule has 0 saturated carbocycles. The third-order valence-corrected chi connectivity index (χ3v) is 4.45. The van der Waals surface area contributed by atoms with E-state index in [9.17, 15) is 4.79 Å². The Morgan fingerprint density at radius 1 is 0.964 bits per heavy atom. The highest BCUT2D eigenvalue weighted by atomic mass is 19.1. The van der Waals surface area contributed by atoms with Gasteiger partial charge >= 0.3 is 0 Å². The first kappa shape index (κ1) is 19.6. The molecule has 1 amide bonds. The number of hydrogen-bond donors (Lipinski definition) is 1. The Kier molecular flexibility index (Phi) is 6.43. The van der Waals surface area contributed by atoms with E-state index in [1.165, 1.54) is 6.92 Å². The Hall–Kier alpha value is -3.14. The number of nitrogens with one attached hydrogen (secondary N) is 1. The Balaban J connectivity index is 2.14. The average molecular weight is 377 g/mol. The van der Waals surface area contributed by atoms with Crippen LogP contribution in [0.4, 0.5) is 4.39 Å². The lowest BCUT2D eigenvalue weighted by Crippen LogP contribution is -2.19. The van der Waals surface area contributed by atoms with Crippen LogP contribution in [-0.4, -0.2) is 12.5 Å². The van der Waals surface area contributed by atoms with E-state index in [1.807, 2.05) is 61.5 Å². The highest BCUT2D eigenvalue weighted by molar-refractivity contribution is 5.80. The van der Waals surface area contributed by atoms with Crippen LogP contribution < -0.4 is 10.1 Å². The van der Waals surface area contributed by atoms with Crippen molar-refractivity contribution in [3.63, 3.8) is 0 Å². The van der Waals surface area contributed by atoms with Gasteiger partial charge in [-0.05, 0) is 23.6 Å². The summed E-state index contributed by atoms with van der Waals surface area (Å²) in [6.45, 7) is 4.34. The zero-order valence-corrected chi connectivity index (χ0v) is 16.2. The molecule has 0 aromatic heterocycles. The molecule has 3 rings (SSSR count). The maximum atomic E-state index is 15.6. The van der Waals surface area contributed by atoms with Crippen molar-refractivity contribution in [2.75, 3.05) is 6.61 Å². The molecule has 0 spiro atoms. The van der Waals surface area contributed by atoms with E-state index in [0.717, 1.165) is 17.5 Å². The number of amides is 1. The summed E-state index contributed by atoms with van der Waals surface area (Å²) in [5.74, 6) is 0.184. The van der Waals surface area contributed by atoms with Crippen LogP contribution in [0.3, 0.4) is 0 Å². The van der Waals surface area contributed by atoms with Gasteiger partial charge in [-0.2, -0.15) is 0 Å². The summed E-state index contributed by atoms with van der Waals surface area (Å²) >= 11 is 0. The van der Waals surface area contributed by atoms with E-state index in [2.05, 4.69) is 5.32 Å². The van der Waals surface area contributed by atoms with Gasteiger partial charge in [-0.1, -0.05) is 67.6 Å². The van der Waals surface area contributed by atoms with Crippen molar-refractivity contribution < 1.29 is 13.9 Å². The van der Waals surface area contributed by atoms with E-state index in [1.54, 1.807) is 12.1 Å². The molecule has 0 fully saturated rings. The molecular formula is C24H24FNO2. The number of carbonyl (C=O) groups is 1. The first-order chi connectivity index (χ1) is 13.6. The number of rotatable bonds is 7. The van der Waals surface area contributed by atoms with Crippen LogP contribution in [0.25, 0.3) is 22.3 Å². The predicted octanol–water partition coefficient (Wildman–Crippen LogP) is 5.58. The van der Waals surface area contributed by atoms with Crippen LogP contribution in [0.1, 0.15) is 25.8 Å². The van der Waals surface area contributed by atoms with Crippen LogP contribution in [0.2, 0.25) is 0 Å². The number of halogens is 1. The van der Waals surface area contributed by atoms with Gasteiger partial charge in [0.1, 0.15) is 11.6 Å². The molecule has 0 aliphatic rings. The molecule has 144 valence electrons. The van der Waals surface area contributed by atoms with Crippen LogP contribution in [-0.2, 0) is 11.3 Å². The normalized spacial score (nSPS) is 10.5. The van der Waals surface area contributed by atoms with Gasteiger partial charge < -0.3 is 10.1 Å². The average Bonchev–Trinajstić information content (AvgIpc) is 2.71.